The van der Waals surface area contributed by atoms with Crippen LogP contribution in [0.3, 0.4) is 0 Å². The van der Waals surface area contributed by atoms with E-state index in [1.165, 1.54) is 0 Å². The lowest BCUT2D eigenvalue weighted by atomic mass is 9.97. The fourth-order valence-electron chi connectivity index (χ4n) is 2.59. The first kappa shape index (κ1) is 13.8. The van der Waals surface area contributed by atoms with E-state index in [0.29, 0.717) is 18.4 Å². The van der Waals surface area contributed by atoms with E-state index in [9.17, 15) is 9.90 Å². The first-order valence-corrected chi connectivity index (χ1v) is 7.44. The van der Waals surface area contributed by atoms with Gasteiger partial charge in [-0.1, -0.05) is 18.6 Å². The summed E-state index contributed by atoms with van der Waals surface area (Å²) in [5.41, 5.74) is 0.733. The molecule has 2 atom stereocenters. The molecule has 1 aromatic carbocycles. The Labute approximate surface area is 121 Å². The van der Waals surface area contributed by atoms with Gasteiger partial charge in [0, 0.05) is 16.7 Å². The van der Waals surface area contributed by atoms with Gasteiger partial charge in [0.05, 0.1) is 5.56 Å². The molecule has 0 bridgehead atoms. The van der Waals surface area contributed by atoms with Crippen LogP contribution < -0.4 is 5.32 Å². The summed E-state index contributed by atoms with van der Waals surface area (Å²) in [6.07, 6.45) is 3.35. The van der Waals surface area contributed by atoms with Crippen LogP contribution in [0.4, 0.5) is 0 Å². The molecule has 4 heteroatoms. The van der Waals surface area contributed by atoms with E-state index in [0.717, 1.165) is 28.4 Å². The summed E-state index contributed by atoms with van der Waals surface area (Å²) in [6, 6.07) is 7.58. The molecule has 0 aliphatic heterocycles. The Balaban J connectivity index is 1.91. The largest absolute Gasteiger partial charge is 0.396 e. The third-order valence-electron chi connectivity index (χ3n) is 3.69. The van der Waals surface area contributed by atoms with Gasteiger partial charge in [0.15, 0.2) is 0 Å². The van der Waals surface area contributed by atoms with Gasteiger partial charge in [-0.2, -0.15) is 0 Å². The molecule has 0 spiro atoms. The standard InChI is InChI=1S/C14H18INO2/c15-13-7-2-1-6-12(13)14(18)16-8-10-4-3-5-11(10)9-17/h1-2,6-7,10-11,17H,3-5,8-9H2,(H,16,18). The number of aliphatic hydroxyl groups is 1. The molecular formula is C14H18INO2. The van der Waals surface area contributed by atoms with E-state index in [1.54, 1.807) is 0 Å². The monoisotopic (exact) mass is 359 g/mol. The zero-order valence-corrected chi connectivity index (χ0v) is 12.4. The predicted octanol–water partition coefficient (Wildman–Crippen LogP) is 2.43. The van der Waals surface area contributed by atoms with E-state index in [2.05, 4.69) is 27.9 Å². The van der Waals surface area contributed by atoms with Crippen LogP contribution >= 0.6 is 22.6 Å². The van der Waals surface area contributed by atoms with E-state index in [-0.39, 0.29) is 12.5 Å². The maximum atomic E-state index is 12.0. The second kappa shape index (κ2) is 6.52. The summed E-state index contributed by atoms with van der Waals surface area (Å²) >= 11 is 2.17. The number of carbonyl (C=O) groups is 1. The zero-order chi connectivity index (χ0) is 13.0. The SMILES string of the molecule is O=C(NCC1CCCC1CO)c1ccccc1I. The average molecular weight is 359 g/mol. The lowest BCUT2D eigenvalue weighted by Crippen LogP contribution is -2.32. The number of carbonyl (C=O) groups excluding carboxylic acids is 1. The van der Waals surface area contributed by atoms with Gasteiger partial charge in [-0.3, -0.25) is 4.79 Å². The normalized spacial score (nSPS) is 23.0. The molecule has 1 aromatic rings. The minimum absolute atomic E-state index is 0.0106. The molecule has 1 saturated carbocycles. The summed E-state index contributed by atoms with van der Waals surface area (Å²) < 4.78 is 0.970. The topological polar surface area (TPSA) is 49.3 Å². The van der Waals surface area contributed by atoms with Crippen LogP contribution in [0.2, 0.25) is 0 Å². The van der Waals surface area contributed by atoms with Crippen LogP contribution in [-0.4, -0.2) is 24.2 Å². The second-order valence-electron chi connectivity index (χ2n) is 4.82. The van der Waals surface area contributed by atoms with Gasteiger partial charge >= 0.3 is 0 Å². The number of amides is 1. The molecule has 2 rings (SSSR count). The lowest BCUT2D eigenvalue weighted by Gasteiger charge is -2.18. The minimum atomic E-state index is -0.0106. The summed E-state index contributed by atoms with van der Waals surface area (Å²) in [5.74, 6) is 0.782. The van der Waals surface area contributed by atoms with Crippen molar-refractivity contribution in [3.8, 4) is 0 Å². The third kappa shape index (κ3) is 3.23. The maximum absolute atomic E-state index is 12.0. The van der Waals surface area contributed by atoms with E-state index in [1.807, 2.05) is 24.3 Å². The van der Waals surface area contributed by atoms with Crippen LogP contribution in [0.5, 0.6) is 0 Å². The van der Waals surface area contributed by atoms with Crippen molar-refractivity contribution in [2.24, 2.45) is 11.8 Å². The summed E-state index contributed by atoms with van der Waals surface area (Å²) in [4.78, 5) is 12.0. The predicted molar refractivity (Wildman–Crippen MR) is 79.4 cm³/mol. The lowest BCUT2D eigenvalue weighted by molar-refractivity contribution is 0.0937. The molecule has 1 fully saturated rings. The Kier molecular flexibility index (Phi) is 5.00. The Bertz CT molecular complexity index is 422. The van der Waals surface area contributed by atoms with Crippen molar-refractivity contribution in [3.05, 3.63) is 33.4 Å². The molecule has 1 amide bonds. The molecule has 2 N–H and O–H groups in total. The quantitative estimate of drug-likeness (QED) is 0.812. The molecule has 0 radical (unpaired) electrons. The Hall–Kier alpha value is -0.620. The highest BCUT2D eigenvalue weighted by Crippen LogP contribution is 2.30. The van der Waals surface area contributed by atoms with Gasteiger partial charge in [0.2, 0.25) is 0 Å². The smallest absolute Gasteiger partial charge is 0.252 e. The van der Waals surface area contributed by atoms with E-state index < -0.39 is 0 Å². The number of rotatable bonds is 4. The zero-order valence-electron chi connectivity index (χ0n) is 10.2. The fourth-order valence-corrected chi connectivity index (χ4v) is 3.22. The molecule has 0 saturated heterocycles. The summed E-state index contributed by atoms with van der Waals surface area (Å²) in [7, 11) is 0. The first-order chi connectivity index (χ1) is 8.72. The van der Waals surface area contributed by atoms with Crippen LogP contribution in [0, 0.1) is 15.4 Å². The van der Waals surface area contributed by atoms with Crippen molar-refractivity contribution in [2.75, 3.05) is 13.2 Å². The Morgan fingerprint density at radius 3 is 2.78 bits per heavy atom. The molecule has 0 aromatic heterocycles. The highest BCUT2D eigenvalue weighted by Gasteiger charge is 2.26. The van der Waals surface area contributed by atoms with Crippen molar-refractivity contribution in [3.63, 3.8) is 0 Å². The fraction of sp³-hybridized carbons (Fsp3) is 0.500. The number of hydrogen-bond donors (Lipinski definition) is 2. The number of halogens is 1. The summed E-state index contributed by atoms with van der Waals surface area (Å²) in [5, 5.41) is 12.2. The molecule has 1 aliphatic carbocycles. The highest BCUT2D eigenvalue weighted by atomic mass is 127. The van der Waals surface area contributed by atoms with Crippen LogP contribution in [0.1, 0.15) is 29.6 Å². The van der Waals surface area contributed by atoms with E-state index in [4.69, 9.17) is 0 Å². The Morgan fingerprint density at radius 2 is 2.06 bits per heavy atom. The minimum Gasteiger partial charge on any atom is -0.396 e. The Morgan fingerprint density at radius 1 is 1.33 bits per heavy atom. The highest BCUT2D eigenvalue weighted by molar-refractivity contribution is 14.1. The second-order valence-corrected chi connectivity index (χ2v) is 5.99. The van der Waals surface area contributed by atoms with E-state index >= 15 is 0 Å². The van der Waals surface area contributed by atoms with Crippen LogP contribution in [0.25, 0.3) is 0 Å². The molecular weight excluding hydrogens is 341 g/mol. The number of hydrogen-bond acceptors (Lipinski definition) is 2. The van der Waals surface area contributed by atoms with Gasteiger partial charge in [-0.05, 0) is 59.4 Å². The average Bonchev–Trinajstić information content (AvgIpc) is 2.84. The number of aliphatic hydroxyl groups excluding tert-OH is 1. The summed E-state index contributed by atoms with van der Waals surface area (Å²) in [6.45, 7) is 0.915. The first-order valence-electron chi connectivity index (χ1n) is 6.36. The third-order valence-corrected chi connectivity index (χ3v) is 4.63. The van der Waals surface area contributed by atoms with Crippen molar-refractivity contribution in [1.82, 2.24) is 5.32 Å². The van der Waals surface area contributed by atoms with Gasteiger partial charge in [0.1, 0.15) is 0 Å². The van der Waals surface area contributed by atoms with Crippen molar-refractivity contribution >= 4 is 28.5 Å². The van der Waals surface area contributed by atoms with Gasteiger partial charge in [-0.15, -0.1) is 0 Å². The van der Waals surface area contributed by atoms with Crippen LogP contribution in [-0.2, 0) is 0 Å². The van der Waals surface area contributed by atoms with Crippen molar-refractivity contribution in [1.29, 1.82) is 0 Å². The molecule has 1 aliphatic rings. The molecule has 98 valence electrons. The molecule has 0 heterocycles. The van der Waals surface area contributed by atoms with Crippen molar-refractivity contribution in [2.45, 2.75) is 19.3 Å². The molecule has 3 nitrogen and oxygen atoms in total. The molecule has 2 unspecified atom stereocenters. The molecule has 18 heavy (non-hydrogen) atoms. The van der Waals surface area contributed by atoms with Gasteiger partial charge < -0.3 is 10.4 Å². The van der Waals surface area contributed by atoms with Crippen LogP contribution in [0.15, 0.2) is 24.3 Å². The van der Waals surface area contributed by atoms with Gasteiger partial charge in [-0.25, -0.2) is 0 Å². The van der Waals surface area contributed by atoms with Crippen molar-refractivity contribution < 1.29 is 9.90 Å². The number of benzene rings is 1. The van der Waals surface area contributed by atoms with Gasteiger partial charge in [0.25, 0.3) is 5.91 Å². The maximum Gasteiger partial charge on any atom is 0.252 e. The number of nitrogens with one attached hydrogen (secondary N) is 1.